The molecule has 0 saturated carbocycles. The van der Waals surface area contributed by atoms with Gasteiger partial charge < -0.3 is 10.2 Å². The Morgan fingerprint density at radius 3 is 1.11 bits per heavy atom. The van der Waals surface area contributed by atoms with Crippen molar-refractivity contribution in [2.45, 2.75) is 139 Å². The first kappa shape index (κ1) is 34.1. The van der Waals surface area contributed by atoms with Crippen molar-refractivity contribution in [3.63, 3.8) is 0 Å². The Morgan fingerprint density at radius 1 is 0.500 bits per heavy atom. The van der Waals surface area contributed by atoms with E-state index in [1.165, 1.54) is 11.1 Å². The van der Waals surface area contributed by atoms with Crippen molar-refractivity contribution >= 4 is 0 Å². The lowest BCUT2D eigenvalue weighted by Gasteiger charge is -2.31. The zero-order chi connectivity index (χ0) is 29.8. The summed E-state index contributed by atoms with van der Waals surface area (Å²) in [7, 11) is 0. The Balaban J connectivity index is 0.000000380. The van der Waals surface area contributed by atoms with Gasteiger partial charge in [-0.15, -0.1) is 0 Å². The summed E-state index contributed by atoms with van der Waals surface area (Å²) < 4.78 is 0. The summed E-state index contributed by atoms with van der Waals surface area (Å²) >= 11 is 0. The summed E-state index contributed by atoms with van der Waals surface area (Å²) in [5.74, 6) is 2.81. The Kier molecular flexibility index (Phi) is 11.6. The van der Waals surface area contributed by atoms with Crippen LogP contribution in [0.15, 0.2) is 24.3 Å². The van der Waals surface area contributed by atoms with Crippen LogP contribution in [0.2, 0.25) is 0 Å². The monoisotopic (exact) mass is 524 g/mol. The lowest BCUT2D eigenvalue weighted by atomic mass is 9.75. The summed E-state index contributed by atoms with van der Waals surface area (Å²) in [4.78, 5) is 0. The lowest BCUT2D eigenvalue weighted by Crippen LogP contribution is -2.21. The molecule has 0 amide bonds. The number of aromatic hydroxyl groups is 2. The van der Waals surface area contributed by atoms with Gasteiger partial charge in [0.15, 0.2) is 0 Å². The third kappa shape index (κ3) is 10.3. The number of phenols is 2. The van der Waals surface area contributed by atoms with Crippen LogP contribution < -0.4 is 0 Å². The fourth-order valence-electron chi connectivity index (χ4n) is 4.82. The number of hydrogen-bond acceptors (Lipinski definition) is 2. The van der Waals surface area contributed by atoms with E-state index in [1.807, 2.05) is 0 Å². The van der Waals surface area contributed by atoms with E-state index in [2.05, 4.69) is 128 Å². The molecule has 2 nitrogen and oxygen atoms in total. The van der Waals surface area contributed by atoms with Crippen LogP contribution in [0.25, 0.3) is 0 Å². The van der Waals surface area contributed by atoms with Crippen molar-refractivity contribution < 1.29 is 10.2 Å². The number of rotatable bonds is 6. The molecule has 2 aromatic carbocycles. The van der Waals surface area contributed by atoms with Gasteiger partial charge in [0.05, 0.1) is 0 Å². The van der Waals surface area contributed by atoms with Gasteiger partial charge in [-0.1, -0.05) is 128 Å². The highest BCUT2D eigenvalue weighted by Crippen LogP contribution is 2.42. The summed E-state index contributed by atoms with van der Waals surface area (Å²) in [6, 6.07) is 8.76. The minimum absolute atomic E-state index is 0.0503. The summed E-state index contributed by atoms with van der Waals surface area (Å²) in [5.41, 5.74) is 7.01. The van der Waals surface area contributed by atoms with E-state index in [4.69, 9.17) is 0 Å². The Morgan fingerprint density at radius 2 is 0.842 bits per heavy atom. The molecule has 216 valence electrons. The second-order valence-corrected chi connectivity index (χ2v) is 15.7. The van der Waals surface area contributed by atoms with E-state index >= 15 is 0 Å². The maximum atomic E-state index is 10.7. The van der Waals surface area contributed by atoms with Crippen LogP contribution in [0.5, 0.6) is 11.5 Å². The third-order valence-corrected chi connectivity index (χ3v) is 6.82. The molecule has 0 radical (unpaired) electrons. The highest BCUT2D eigenvalue weighted by molar-refractivity contribution is 5.51. The molecule has 0 fully saturated rings. The van der Waals surface area contributed by atoms with Gasteiger partial charge in [0.25, 0.3) is 0 Å². The molecule has 2 heteroatoms. The summed E-state index contributed by atoms with van der Waals surface area (Å²) in [6.07, 6.45) is 3.02. The average molecular weight is 525 g/mol. The van der Waals surface area contributed by atoms with Gasteiger partial charge in [0.1, 0.15) is 11.5 Å². The van der Waals surface area contributed by atoms with E-state index in [9.17, 15) is 10.2 Å². The highest BCUT2D eigenvalue weighted by atomic mass is 16.3. The van der Waals surface area contributed by atoms with E-state index in [0.29, 0.717) is 29.3 Å². The molecule has 2 N–H and O–H groups in total. The van der Waals surface area contributed by atoms with Crippen LogP contribution in [0, 0.1) is 17.8 Å². The van der Waals surface area contributed by atoms with E-state index in [-0.39, 0.29) is 16.2 Å². The average Bonchev–Trinajstić information content (AvgIpc) is 2.68. The Bertz CT molecular complexity index is 968. The highest BCUT2D eigenvalue weighted by Gasteiger charge is 2.28. The van der Waals surface area contributed by atoms with Gasteiger partial charge in [-0.25, -0.2) is 0 Å². The Hall–Kier alpha value is -1.96. The van der Waals surface area contributed by atoms with Gasteiger partial charge in [-0.05, 0) is 86.6 Å². The van der Waals surface area contributed by atoms with Crippen LogP contribution >= 0.6 is 0 Å². The first-order valence-electron chi connectivity index (χ1n) is 14.8. The molecule has 0 atom stereocenters. The second-order valence-electron chi connectivity index (χ2n) is 15.7. The van der Waals surface area contributed by atoms with Gasteiger partial charge in [0.2, 0.25) is 0 Å². The second kappa shape index (κ2) is 12.9. The van der Waals surface area contributed by atoms with Crippen molar-refractivity contribution in [2.75, 3.05) is 0 Å². The normalized spacial score (nSPS) is 12.8. The topological polar surface area (TPSA) is 40.5 Å². The standard InChI is InChI=1S/2C18H30O/c1-16(2,3)12-10-13(17(4,5)6)15(19)14(11-12)18(7,8)9;1-12(2)7-15-10-16(8-13(3)4)18(19)17(11-15)9-14(5)6/h10-11,19H,1-9H3;10-14,19H,7-9H2,1-6H3. The molecule has 2 aromatic rings. The first-order valence-corrected chi connectivity index (χ1v) is 14.8. The Labute approximate surface area is 236 Å². The number of hydrogen-bond donors (Lipinski definition) is 2. The fourth-order valence-corrected chi connectivity index (χ4v) is 4.82. The minimum atomic E-state index is -0.0503. The van der Waals surface area contributed by atoms with Crippen molar-refractivity contribution in [3.8, 4) is 11.5 Å². The molecule has 0 aromatic heterocycles. The van der Waals surface area contributed by atoms with Crippen molar-refractivity contribution in [1.29, 1.82) is 0 Å². The SMILES string of the molecule is CC(C)(C)c1cc(C(C)(C)C)c(O)c(C(C)(C)C)c1.CC(C)Cc1cc(CC(C)C)c(O)c(CC(C)C)c1. The molecule has 2 rings (SSSR count). The van der Waals surface area contributed by atoms with E-state index in [0.717, 1.165) is 41.5 Å². The van der Waals surface area contributed by atoms with Crippen molar-refractivity contribution in [3.05, 3.63) is 57.6 Å². The zero-order valence-electron chi connectivity index (χ0n) is 27.6. The summed E-state index contributed by atoms with van der Waals surface area (Å²) in [5, 5.41) is 21.1. The van der Waals surface area contributed by atoms with Gasteiger partial charge in [-0.3, -0.25) is 0 Å². The molecule has 0 aliphatic rings. The molecule has 0 aliphatic carbocycles. The molecule has 38 heavy (non-hydrogen) atoms. The smallest absolute Gasteiger partial charge is 0.123 e. The van der Waals surface area contributed by atoms with Gasteiger partial charge >= 0.3 is 0 Å². The number of benzene rings is 2. The maximum absolute atomic E-state index is 10.7. The maximum Gasteiger partial charge on any atom is 0.123 e. The predicted molar refractivity (Wildman–Crippen MR) is 168 cm³/mol. The van der Waals surface area contributed by atoms with Crippen LogP contribution in [0.3, 0.4) is 0 Å². The molecule has 0 unspecified atom stereocenters. The summed E-state index contributed by atoms with van der Waals surface area (Å²) in [6.45, 7) is 32.9. The lowest BCUT2D eigenvalue weighted by molar-refractivity contribution is 0.420. The van der Waals surface area contributed by atoms with Gasteiger partial charge in [-0.2, -0.15) is 0 Å². The van der Waals surface area contributed by atoms with Gasteiger partial charge in [0, 0.05) is 0 Å². The number of phenolic OH excluding ortho intramolecular Hbond substituents is 2. The third-order valence-electron chi connectivity index (χ3n) is 6.82. The molecule has 0 saturated heterocycles. The van der Waals surface area contributed by atoms with E-state index < -0.39 is 0 Å². The molecule has 0 aliphatic heterocycles. The molecule has 0 heterocycles. The molecule has 0 bridgehead atoms. The molecular formula is C36H60O2. The minimum Gasteiger partial charge on any atom is -0.507 e. The van der Waals surface area contributed by atoms with Crippen LogP contribution in [0.4, 0.5) is 0 Å². The van der Waals surface area contributed by atoms with Crippen LogP contribution in [0.1, 0.15) is 137 Å². The zero-order valence-corrected chi connectivity index (χ0v) is 27.6. The largest absolute Gasteiger partial charge is 0.507 e. The quantitative estimate of drug-likeness (QED) is 0.394. The van der Waals surface area contributed by atoms with E-state index in [1.54, 1.807) is 0 Å². The van der Waals surface area contributed by atoms with Crippen molar-refractivity contribution in [2.24, 2.45) is 17.8 Å². The van der Waals surface area contributed by atoms with Crippen LogP contribution in [-0.2, 0) is 35.5 Å². The molecule has 0 spiro atoms. The van der Waals surface area contributed by atoms with Crippen molar-refractivity contribution in [1.82, 2.24) is 0 Å². The molecular weight excluding hydrogens is 464 g/mol. The van der Waals surface area contributed by atoms with Crippen LogP contribution in [-0.4, -0.2) is 10.2 Å². The fraction of sp³-hybridized carbons (Fsp3) is 0.667. The first-order chi connectivity index (χ1) is 17.0. The predicted octanol–water partition coefficient (Wildman–Crippen LogP) is 10.3.